The number of halogens is 4. The van der Waals surface area contributed by atoms with E-state index in [9.17, 15) is 0 Å². The van der Waals surface area contributed by atoms with Gasteiger partial charge in [0.05, 0.1) is 78.4 Å². The topological polar surface area (TPSA) is 118 Å². The first-order valence-electron chi connectivity index (χ1n) is 12.5. The van der Waals surface area contributed by atoms with Crippen molar-refractivity contribution in [1.29, 1.82) is 10.8 Å². The van der Waals surface area contributed by atoms with Gasteiger partial charge in [0, 0.05) is 38.3 Å². The maximum atomic E-state index is 8.93. The fourth-order valence-electron chi connectivity index (χ4n) is 3.99. The van der Waals surface area contributed by atoms with Gasteiger partial charge < -0.3 is 38.2 Å². The minimum atomic E-state index is -3.36. The summed E-state index contributed by atoms with van der Waals surface area (Å²) in [5.74, 6) is 2.34. The van der Waals surface area contributed by atoms with Crippen molar-refractivity contribution in [3.05, 3.63) is 34.2 Å². The Balaban J connectivity index is 0.000000247. The molecule has 0 saturated carbocycles. The number of benzene rings is 2. The zero-order valence-electron chi connectivity index (χ0n) is 23.3. The number of hydrogen-bond acceptors (Lipinski definition) is 10. The van der Waals surface area contributed by atoms with E-state index in [-0.39, 0.29) is 0 Å². The summed E-state index contributed by atoms with van der Waals surface area (Å²) in [4.78, 5) is 10.7. The molecular weight excluding hydrogens is 676 g/mol. The Morgan fingerprint density at radius 3 is 1.15 bits per heavy atom. The van der Waals surface area contributed by atoms with E-state index in [0.717, 1.165) is 37.6 Å². The summed E-state index contributed by atoms with van der Waals surface area (Å²) in [5, 5.41) is 17.9. The molecule has 2 aliphatic rings. The van der Waals surface area contributed by atoms with Crippen LogP contribution >= 0.6 is 38.8 Å². The van der Waals surface area contributed by atoms with E-state index in [2.05, 4.69) is 19.8 Å². The molecule has 4 rings (SSSR count). The van der Waals surface area contributed by atoms with Crippen molar-refractivity contribution < 1.29 is 39.2 Å². The van der Waals surface area contributed by atoms with Crippen LogP contribution in [0.5, 0.6) is 23.0 Å². The third-order valence-corrected chi connectivity index (χ3v) is 5.88. The summed E-state index contributed by atoms with van der Waals surface area (Å²) in [6.45, 7) is 5.97. The van der Waals surface area contributed by atoms with Crippen molar-refractivity contribution in [3.8, 4) is 23.0 Å². The average molecular weight is 708 g/mol. The summed E-state index contributed by atoms with van der Waals surface area (Å²) < 4.78 is 31.7. The average Bonchev–Trinajstić information content (AvgIpc) is 2.99. The first kappa shape index (κ1) is 35.0. The van der Waals surface area contributed by atoms with Crippen LogP contribution in [-0.2, 0) is 20.3 Å². The molecule has 0 spiro atoms. The Morgan fingerprint density at radius 2 is 0.902 bits per heavy atom. The van der Waals surface area contributed by atoms with Gasteiger partial charge in [-0.15, -0.1) is 0 Å². The van der Waals surface area contributed by atoms with Gasteiger partial charge in [0.25, 0.3) is 0 Å². The molecule has 0 aromatic heterocycles. The van der Waals surface area contributed by atoms with Gasteiger partial charge in [0.1, 0.15) is 0 Å². The van der Waals surface area contributed by atoms with E-state index in [1.54, 1.807) is 40.6 Å². The van der Waals surface area contributed by atoms with Gasteiger partial charge in [0.2, 0.25) is 22.3 Å². The third-order valence-electron chi connectivity index (χ3n) is 5.88. The number of methoxy groups -OCH3 is 4. The summed E-state index contributed by atoms with van der Waals surface area (Å²) in [5.41, 5.74) is 2.55. The minimum absolute atomic E-state index is 0.353. The van der Waals surface area contributed by atoms with E-state index in [1.807, 2.05) is 12.1 Å². The number of diazo groups is 2. The molecule has 224 valence electrons. The zero-order valence-corrected chi connectivity index (χ0v) is 29.3. The molecule has 2 aromatic carbocycles. The monoisotopic (exact) mass is 704 g/mol. The van der Waals surface area contributed by atoms with Crippen molar-refractivity contribution in [3.63, 3.8) is 0 Å². The Bertz CT molecular complexity index is 1120. The van der Waals surface area contributed by atoms with Gasteiger partial charge in [-0.2, -0.15) is 0 Å². The molecule has 12 nitrogen and oxygen atoms in total. The molecule has 0 aliphatic carbocycles. The fraction of sp³-hybridized carbons (Fsp3) is 0.500. The second-order valence-corrected chi connectivity index (χ2v) is 36.1. The molecule has 2 aromatic rings. The number of hydrogen-bond donors (Lipinski definition) is 0. The second kappa shape index (κ2) is 17.7. The van der Waals surface area contributed by atoms with E-state index >= 15 is 0 Å². The van der Waals surface area contributed by atoms with Gasteiger partial charge in [-0.3, -0.25) is 0 Å². The quantitative estimate of drug-likeness (QED) is 0.234. The van der Waals surface area contributed by atoms with Crippen LogP contribution in [0, 0.1) is 10.8 Å². The number of nitrogens with zero attached hydrogens (tertiary/aromatic N) is 6. The van der Waals surface area contributed by atoms with E-state index in [4.69, 9.17) is 78.0 Å². The molecule has 0 bridgehead atoms. The Morgan fingerprint density at radius 1 is 0.610 bits per heavy atom. The van der Waals surface area contributed by atoms with Crippen LogP contribution in [0.15, 0.2) is 24.3 Å². The van der Waals surface area contributed by atoms with Crippen molar-refractivity contribution >= 4 is 61.5 Å². The Labute approximate surface area is 258 Å². The molecule has 0 amide bonds. The maximum absolute atomic E-state index is 8.93. The molecule has 2 fully saturated rings. The van der Waals surface area contributed by atoms with Gasteiger partial charge >= 0.3 is 61.0 Å². The van der Waals surface area contributed by atoms with Crippen LogP contribution < -0.4 is 28.7 Å². The second-order valence-electron chi connectivity index (χ2n) is 8.40. The summed E-state index contributed by atoms with van der Waals surface area (Å²) in [6.07, 6.45) is 0. The Kier molecular flexibility index (Phi) is 15.1. The van der Waals surface area contributed by atoms with E-state index < -0.39 is 10.8 Å². The first-order valence-corrected chi connectivity index (χ1v) is 28.1. The van der Waals surface area contributed by atoms with Crippen LogP contribution in [0.4, 0.5) is 22.7 Å². The zero-order chi connectivity index (χ0) is 30.4. The predicted octanol–water partition coefficient (Wildman–Crippen LogP) is 6.81. The molecular formula is C24H32Cl4N6O6Zn. The molecule has 0 unspecified atom stereocenters. The molecule has 41 heavy (non-hydrogen) atoms. The SMILES string of the molecule is COc1cc(N2CCOCC2)c(OC)cc1[N+]#N.COc1cc(N2CCOCC2)c(OC)cc1[N+]#N.[Cl][Zn-2]([Cl])([Cl])[Cl]. The van der Waals surface area contributed by atoms with Crippen LogP contribution in [0.25, 0.3) is 9.95 Å². The summed E-state index contributed by atoms with van der Waals surface area (Å²) in [6, 6.07) is 6.95. The van der Waals surface area contributed by atoms with Gasteiger partial charge in [0.15, 0.2) is 21.5 Å². The van der Waals surface area contributed by atoms with Crippen molar-refractivity contribution in [1.82, 2.24) is 0 Å². The number of anilines is 2. The van der Waals surface area contributed by atoms with Gasteiger partial charge in [-0.05, 0) is 0 Å². The molecule has 2 heterocycles. The van der Waals surface area contributed by atoms with Crippen LogP contribution in [0.2, 0.25) is 0 Å². The number of ether oxygens (including phenoxy) is 6. The van der Waals surface area contributed by atoms with Crippen molar-refractivity contribution in [2.45, 2.75) is 0 Å². The normalized spacial score (nSPS) is 14.7. The van der Waals surface area contributed by atoms with Gasteiger partial charge in [-0.1, -0.05) is 0 Å². The van der Waals surface area contributed by atoms with Gasteiger partial charge in [-0.25, -0.2) is 0 Å². The van der Waals surface area contributed by atoms with Crippen LogP contribution in [0.3, 0.4) is 0 Å². The predicted molar refractivity (Wildman–Crippen MR) is 158 cm³/mol. The van der Waals surface area contributed by atoms with Crippen molar-refractivity contribution in [2.75, 3.05) is 90.8 Å². The molecule has 17 heteroatoms. The van der Waals surface area contributed by atoms with E-state index in [0.29, 0.717) is 60.8 Å². The van der Waals surface area contributed by atoms with Crippen LogP contribution in [-0.4, -0.2) is 81.0 Å². The number of morpholine rings is 2. The molecule has 2 aliphatic heterocycles. The molecule has 2 saturated heterocycles. The molecule has 0 radical (unpaired) electrons. The van der Waals surface area contributed by atoms with E-state index in [1.165, 1.54) is 0 Å². The summed E-state index contributed by atoms with van der Waals surface area (Å²) in [7, 11) is 23.1. The van der Waals surface area contributed by atoms with Crippen molar-refractivity contribution in [2.24, 2.45) is 0 Å². The Hall–Kier alpha value is -2.22. The third kappa shape index (κ3) is 11.2. The molecule has 0 atom stereocenters. The number of rotatable bonds is 6. The standard InChI is InChI=1S/2C12H16N3O3.4ClH.Zn/c2*1-16-11-8-10(15-3-5-18-6-4-15)12(17-2)7-9(11)14-13;;;;;/h2*7-8H,3-6H2,1-2H3;4*1H;/q2*+1;;;;;+2/p-4. The fourth-order valence-corrected chi connectivity index (χ4v) is 3.99. The van der Waals surface area contributed by atoms with Crippen LogP contribution in [0.1, 0.15) is 0 Å². The molecule has 0 N–H and O–H groups in total. The summed E-state index contributed by atoms with van der Waals surface area (Å²) >= 11 is 0. The first-order chi connectivity index (χ1) is 19.6.